The van der Waals surface area contributed by atoms with Gasteiger partial charge in [0.2, 0.25) is 0 Å². The molecule has 0 aliphatic carbocycles. The molecule has 0 bridgehead atoms. The van der Waals surface area contributed by atoms with Crippen LogP contribution in [0.3, 0.4) is 0 Å². The lowest BCUT2D eigenvalue weighted by molar-refractivity contribution is 0.0958. The van der Waals surface area contributed by atoms with Crippen molar-refractivity contribution in [1.82, 2.24) is 10.3 Å². The van der Waals surface area contributed by atoms with Crippen molar-refractivity contribution in [3.8, 4) is 0 Å². The summed E-state index contributed by atoms with van der Waals surface area (Å²) >= 11 is 0. The normalized spacial score (nSPS) is 9.86. The highest BCUT2D eigenvalue weighted by molar-refractivity contribution is 6.06. The van der Waals surface area contributed by atoms with Crippen molar-refractivity contribution < 1.29 is 9.59 Å². The Morgan fingerprint density at radius 1 is 1.14 bits per heavy atom. The maximum atomic E-state index is 12.1. The Morgan fingerprint density at radius 3 is 2.45 bits per heavy atom. The number of aromatic nitrogens is 1. The molecule has 1 heterocycles. The Balaban J connectivity index is 2.10. The summed E-state index contributed by atoms with van der Waals surface area (Å²) in [5.74, 6) is -0.718. The molecule has 0 atom stereocenters. The molecule has 6 nitrogen and oxygen atoms in total. The van der Waals surface area contributed by atoms with E-state index in [0.717, 1.165) is 0 Å². The topological polar surface area (TPSA) is 97.1 Å². The van der Waals surface area contributed by atoms with E-state index in [1.54, 1.807) is 31.2 Å². The number of benzene rings is 1. The predicted molar refractivity (Wildman–Crippen MR) is 85.3 cm³/mol. The minimum atomic E-state index is -0.369. The quantitative estimate of drug-likeness (QED) is 0.753. The second-order valence-electron chi connectivity index (χ2n) is 4.71. The van der Waals surface area contributed by atoms with Crippen LogP contribution in [-0.2, 0) is 0 Å². The highest BCUT2D eigenvalue weighted by Crippen LogP contribution is 2.17. The first-order chi connectivity index (χ1) is 10.5. The van der Waals surface area contributed by atoms with Crippen molar-refractivity contribution >= 4 is 23.2 Å². The molecule has 112 valence electrons. The molecule has 2 amide bonds. The van der Waals surface area contributed by atoms with E-state index >= 15 is 0 Å². The predicted octanol–water partition coefficient (Wildman–Crippen LogP) is 2.18. The number of nitrogens with one attached hydrogen (secondary N) is 2. The van der Waals surface area contributed by atoms with E-state index in [4.69, 9.17) is 5.73 Å². The number of para-hydroxylation sites is 2. The van der Waals surface area contributed by atoms with Crippen LogP contribution in [0.15, 0.2) is 54.9 Å². The van der Waals surface area contributed by atoms with Crippen LogP contribution in [-0.4, -0.2) is 16.8 Å². The Bertz CT molecular complexity index is 723. The number of amides is 2. The summed E-state index contributed by atoms with van der Waals surface area (Å²) in [5, 5.41) is 5.23. The van der Waals surface area contributed by atoms with Gasteiger partial charge in [-0.2, -0.15) is 0 Å². The molecule has 0 aliphatic heterocycles. The van der Waals surface area contributed by atoms with E-state index in [0.29, 0.717) is 22.6 Å². The van der Waals surface area contributed by atoms with Gasteiger partial charge in [0.15, 0.2) is 0 Å². The lowest BCUT2D eigenvalue weighted by Crippen LogP contribution is -2.22. The standard InChI is InChI=1S/C16H16N4O2/c1-10(2)19-16(22)14-8-7-11(9-18-14)15(21)20-13-6-4-3-5-12(13)17/h3-9H,1,17H2,2H3,(H,19,22)(H,20,21). The number of carbonyl (C=O) groups excluding carboxylic acids is 2. The summed E-state index contributed by atoms with van der Waals surface area (Å²) in [6.45, 7) is 5.26. The molecule has 22 heavy (non-hydrogen) atoms. The second-order valence-corrected chi connectivity index (χ2v) is 4.71. The lowest BCUT2D eigenvalue weighted by Gasteiger charge is -2.08. The number of rotatable bonds is 4. The van der Waals surface area contributed by atoms with E-state index in [-0.39, 0.29) is 17.5 Å². The molecule has 4 N–H and O–H groups in total. The molecule has 0 radical (unpaired) electrons. The smallest absolute Gasteiger partial charge is 0.273 e. The van der Waals surface area contributed by atoms with E-state index in [2.05, 4.69) is 22.2 Å². The molecular weight excluding hydrogens is 280 g/mol. The molecule has 0 spiro atoms. The summed E-state index contributed by atoms with van der Waals surface area (Å²) in [7, 11) is 0. The number of nitrogen functional groups attached to an aromatic ring is 1. The molecule has 0 unspecified atom stereocenters. The maximum absolute atomic E-state index is 12.1. The number of pyridine rings is 1. The highest BCUT2D eigenvalue weighted by Gasteiger charge is 2.11. The summed E-state index contributed by atoms with van der Waals surface area (Å²) in [6.07, 6.45) is 1.34. The van der Waals surface area contributed by atoms with Gasteiger partial charge in [0.25, 0.3) is 11.8 Å². The summed E-state index contributed by atoms with van der Waals surface area (Å²) in [6, 6.07) is 9.95. The molecule has 0 fully saturated rings. The molecule has 0 saturated heterocycles. The zero-order valence-electron chi connectivity index (χ0n) is 12.1. The van der Waals surface area contributed by atoms with E-state index < -0.39 is 0 Å². The summed E-state index contributed by atoms with van der Waals surface area (Å²) < 4.78 is 0. The van der Waals surface area contributed by atoms with Gasteiger partial charge in [-0.1, -0.05) is 18.7 Å². The van der Waals surface area contributed by atoms with Crippen LogP contribution in [0.5, 0.6) is 0 Å². The summed E-state index contributed by atoms with van der Waals surface area (Å²) in [5.41, 5.74) is 7.82. The Kier molecular flexibility index (Phi) is 4.53. The first kappa shape index (κ1) is 15.2. The van der Waals surface area contributed by atoms with Gasteiger partial charge in [-0.15, -0.1) is 0 Å². The van der Waals surface area contributed by atoms with Crippen LogP contribution in [0.4, 0.5) is 11.4 Å². The van der Waals surface area contributed by atoms with Gasteiger partial charge in [0, 0.05) is 11.9 Å². The molecule has 1 aromatic carbocycles. The maximum Gasteiger partial charge on any atom is 0.273 e. The second kappa shape index (κ2) is 6.53. The van der Waals surface area contributed by atoms with Crippen molar-refractivity contribution in [1.29, 1.82) is 0 Å². The Labute approximate surface area is 128 Å². The van der Waals surface area contributed by atoms with Crippen LogP contribution in [0.1, 0.15) is 27.8 Å². The van der Waals surface area contributed by atoms with Crippen LogP contribution in [0, 0.1) is 0 Å². The van der Waals surface area contributed by atoms with Gasteiger partial charge < -0.3 is 16.4 Å². The SMILES string of the molecule is C=C(C)NC(=O)c1ccc(C(=O)Nc2ccccc2N)cn1. The number of nitrogens with two attached hydrogens (primary N) is 1. The van der Waals surface area contributed by atoms with Gasteiger partial charge in [0.05, 0.1) is 16.9 Å². The summed E-state index contributed by atoms with van der Waals surface area (Å²) in [4.78, 5) is 27.8. The average molecular weight is 296 g/mol. The molecular formula is C16H16N4O2. The molecule has 2 rings (SSSR count). The minimum Gasteiger partial charge on any atom is -0.397 e. The van der Waals surface area contributed by atoms with Gasteiger partial charge in [-0.3, -0.25) is 14.6 Å². The van der Waals surface area contributed by atoms with Gasteiger partial charge in [-0.05, 0) is 31.2 Å². The fourth-order valence-corrected chi connectivity index (χ4v) is 1.73. The largest absolute Gasteiger partial charge is 0.397 e. The molecule has 1 aromatic heterocycles. The Hall–Kier alpha value is -3.15. The third-order valence-corrected chi connectivity index (χ3v) is 2.79. The Morgan fingerprint density at radius 2 is 1.86 bits per heavy atom. The number of anilines is 2. The van der Waals surface area contributed by atoms with Crippen molar-refractivity contribution in [3.63, 3.8) is 0 Å². The van der Waals surface area contributed by atoms with Crippen LogP contribution < -0.4 is 16.4 Å². The van der Waals surface area contributed by atoms with E-state index in [9.17, 15) is 9.59 Å². The van der Waals surface area contributed by atoms with Gasteiger partial charge in [-0.25, -0.2) is 0 Å². The van der Waals surface area contributed by atoms with Crippen LogP contribution in [0.2, 0.25) is 0 Å². The monoisotopic (exact) mass is 296 g/mol. The number of allylic oxidation sites excluding steroid dienone is 1. The third-order valence-electron chi connectivity index (χ3n) is 2.79. The first-order valence-electron chi connectivity index (χ1n) is 6.56. The number of nitrogens with zero attached hydrogens (tertiary/aromatic N) is 1. The third kappa shape index (κ3) is 3.69. The van der Waals surface area contributed by atoms with Gasteiger partial charge in [0.1, 0.15) is 5.69 Å². The van der Waals surface area contributed by atoms with Crippen molar-refractivity contribution in [2.45, 2.75) is 6.92 Å². The van der Waals surface area contributed by atoms with Crippen LogP contribution >= 0.6 is 0 Å². The zero-order valence-corrected chi connectivity index (χ0v) is 12.1. The van der Waals surface area contributed by atoms with Gasteiger partial charge >= 0.3 is 0 Å². The molecule has 6 heteroatoms. The van der Waals surface area contributed by atoms with E-state index in [1.165, 1.54) is 18.3 Å². The number of hydrogen-bond acceptors (Lipinski definition) is 4. The fraction of sp³-hybridized carbons (Fsp3) is 0.0625. The number of hydrogen-bond donors (Lipinski definition) is 3. The van der Waals surface area contributed by atoms with Crippen molar-refractivity contribution in [3.05, 3.63) is 66.1 Å². The lowest BCUT2D eigenvalue weighted by atomic mass is 10.2. The van der Waals surface area contributed by atoms with Crippen LogP contribution in [0.25, 0.3) is 0 Å². The van der Waals surface area contributed by atoms with Crippen molar-refractivity contribution in [2.75, 3.05) is 11.1 Å². The minimum absolute atomic E-state index is 0.207. The molecule has 2 aromatic rings. The van der Waals surface area contributed by atoms with Crippen molar-refractivity contribution in [2.24, 2.45) is 0 Å². The average Bonchev–Trinajstić information content (AvgIpc) is 2.49. The number of carbonyl (C=O) groups is 2. The highest BCUT2D eigenvalue weighted by atomic mass is 16.2. The first-order valence-corrected chi connectivity index (χ1v) is 6.56. The zero-order chi connectivity index (χ0) is 16.1. The van der Waals surface area contributed by atoms with E-state index in [1.807, 2.05) is 0 Å². The molecule has 0 saturated carbocycles. The fourth-order valence-electron chi connectivity index (χ4n) is 1.73. The molecule has 0 aliphatic rings.